The summed E-state index contributed by atoms with van der Waals surface area (Å²) < 4.78 is 5.11. The number of nitrogens with one attached hydrogen (secondary N) is 1. The molecule has 0 aliphatic heterocycles. The van der Waals surface area contributed by atoms with Crippen LogP contribution in [0.4, 0.5) is 0 Å². The van der Waals surface area contributed by atoms with E-state index < -0.39 is 0 Å². The Labute approximate surface area is 88.5 Å². The maximum absolute atomic E-state index is 5.48. The average molecular weight is 212 g/mol. The molecular formula is C10H16N2OS. The molecule has 0 bridgehead atoms. The minimum Gasteiger partial charge on any atom is -0.496 e. The van der Waals surface area contributed by atoms with Crippen LogP contribution in [0.15, 0.2) is 23.6 Å². The Morgan fingerprint density at radius 2 is 2.50 bits per heavy atom. The fourth-order valence-electron chi connectivity index (χ4n) is 1.21. The molecule has 3 nitrogen and oxygen atoms in total. The first-order valence-corrected chi connectivity index (χ1v) is 5.28. The van der Waals surface area contributed by atoms with Crippen molar-refractivity contribution in [2.45, 2.75) is 19.4 Å². The van der Waals surface area contributed by atoms with E-state index in [0.29, 0.717) is 0 Å². The normalized spacial score (nSPS) is 12.5. The number of nitrogens with two attached hydrogens (primary N) is 1. The smallest absolute Gasteiger partial charge is 0.129 e. The molecule has 4 heteroatoms. The van der Waals surface area contributed by atoms with Gasteiger partial charge in [0.1, 0.15) is 5.75 Å². The molecule has 0 saturated carbocycles. The van der Waals surface area contributed by atoms with E-state index in [1.54, 1.807) is 18.4 Å². The van der Waals surface area contributed by atoms with E-state index in [9.17, 15) is 0 Å². The molecule has 0 radical (unpaired) electrons. The van der Waals surface area contributed by atoms with E-state index in [0.717, 1.165) is 17.7 Å². The second kappa shape index (κ2) is 5.14. The van der Waals surface area contributed by atoms with Crippen LogP contribution in [-0.4, -0.2) is 7.11 Å². The molecule has 0 aliphatic carbocycles. The summed E-state index contributed by atoms with van der Waals surface area (Å²) in [7, 11) is 1.66. The van der Waals surface area contributed by atoms with E-state index in [2.05, 4.69) is 12.0 Å². The van der Waals surface area contributed by atoms with Crippen molar-refractivity contribution >= 4 is 11.3 Å². The quantitative estimate of drug-likeness (QED) is 0.447. The number of ether oxygens (including phenoxy) is 1. The Morgan fingerprint density at radius 3 is 2.93 bits per heavy atom. The van der Waals surface area contributed by atoms with Crippen LogP contribution in [0, 0.1) is 0 Å². The second-order valence-electron chi connectivity index (χ2n) is 3.27. The fourth-order valence-corrected chi connectivity index (χ4v) is 2.13. The number of thiophene rings is 1. The topological polar surface area (TPSA) is 47.3 Å². The molecule has 0 amide bonds. The fraction of sp³-hybridized carbons (Fsp3) is 0.400. The molecule has 78 valence electrons. The molecule has 0 spiro atoms. The van der Waals surface area contributed by atoms with Crippen molar-refractivity contribution in [3.63, 3.8) is 0 Å². The summed E-state index contributed by atoms with van der Waals surface area (Å²) in [4.78, 5) is 1.17. The number of methoxy groups -OCH3 is 1. The minimum absolute atomic E-state index is 0.140. The van der Waals surface area contributed by atoms with E-state index in [-0.39, 0.29) is 6.04 Å². The van der Waals surface area contributed by atoms with Gasteiger partial charge in [-0.1, -0.05) is 5.57 Å². The van der Waals surface area contributed by atoms with E-state index in [1.807, 2.05) is 18.4 Å². The summed E-state index contributed by atoms with van der Waals surface area (Å²) in [5.74, 6) is 6.36. The van der Waals surface area contributed by atoms with Crippen molar-refractivity contribution in [3.8, 4) is 5.75 Å². The van der Waals surface area contributed by atoms with Gasteiger partial charge in [0.2, 0.25) is 0 Å². The number of hydrazine groups is 1. The van der Waals surface area contributed by atoms with Crippen LogP contribution in [0.3, 0.4) is 0 Å². The van der Waals surface area contributed by atoms with Gasteiger partial charge in [0.15, 0.2) is 0 Å². The second-order valence-corrected chi connectivity index (χ2v) is 4.21. The average Bonchev–Trinajstić information content (AvgIpc) is 2.62. The number of hydrogen-bond acceptors (Lipinski definition) is 4. The van der Waals surface area contributed by atoms with Crippen LogP contribution in [0.25, 0.3) is 0 Å². The molecule has 0 aromatic carbocycles. The molecule has 1 aromatic rings. The summed E-state index contributed by atoms with van der Waals surface area (Å²) in [6.45, 7) is 5.87. The summed E-state index contributed by atoms with van der Waals surface area (Å²) >= 11 is 1.64. The van der Waals surface area contributed by atoms with Gasteiger partial charge in [-0.15, -0.1) is 17.9 Å². The predicted molar refractivity (Wildman–Crippen MR) is 60.4 cm³/mol. The molecule has 0 fully saturated rings. The number of hydrogen-bond donors (Lipinski definition) is 2. The molecule has 0 aliphatic rings. The zero-order chi connectivity index (χ0) is 10.6. The zero-order valence-corrected chi connectivity index (χ0v) is 9.36. The molecular weight excluding hydrogens is 196 g/mol. The van der Waals surface area contributed by atoms with Gasteiger partial charge >= 0.3 is 0 Å². The lowest BCUT2D eigenvalue weighted by Crippen LogP contribution is -2.27. The third-order valence-electron chi connectivity index (χ3n) is 1.93. The molecule has 1 aromatic heterocycles. The van der Waals surface area contributed by atoms with Crippen LogP contribution >= 0.6 is 11.3 Å². The Balaban J connectivity index is 2.73. The molecule has 1 heterocycles. The highest BCUT2D eigenvalue weighted by Gasteiger charge is 2.12. The Bertz CT molecular complexity index is 309. The molecule has 3 N–H and O–H groups in total. The first-order chi connectivity index (χ1) is 6.67. The standard InChI is InChI=1S/C10H16N2OS/c1-7(2)4-9(12-11)10-5-8(13-3)6-14-10/h5-6,9,12H,1,4,11H2,2-3H3. The first kappa shape index (κ1) is 11.2. The summed E-state index contributed by atoms with van der Waals surface area (Å²) in [5.41, 5.74) is 3.89. The largest absolute Gasteiger partial charge is 0.496 e. The summed E-state index contributed by atoms with van der Waals surface area (Å²) in [6.07, 6.45) is 0.847. The third kappa shape index (κ3) is 2.83. The van der Waals surface area contributed by atoms with Gasteiger partial charge in [-0.25, -0.2) is 0 Å². The molecule has 1 rings (SSSR count). The monoisotopic (exact) mass is 212 g/mol. The van der Waals surface area contributed by atoms with E-state index >= 15 is 0 Å². The molecule has 1 atom stereocenters. The highest BCUT2D eigenvalue weighted by molar-refractivity contribution is 7.10. The van der Waals surface area contributed by atoms with Gasteiger partial charge in [-0.2, -0.15) is 0 Å². The van der Waals surface area contributed by atoms with Gasteiger partial charge in [0.25, 0.3) is 0 Å². The van der Waals surface area contributed by atoms with Crippen molar-refractivity contribution < 1.29 is 4.74 Å². The lowest BCUT2D eigenvalue weighted by molar-refractivity contribution is 0.415. The lowest BCUT2D eigenvalue weighted by atomic mass is 10.1. The van der Waals surface area contributed by atoms with Crippen LogP contribution in [0.5, 0.6) is 5.75 Å². The maximum atomic E-state index is 5.48. The summed E-state index contributed by atoms with van der Waals surface area (Å²) in [6, 6.07) is 2.14. The van der Waals surface area contributed by atoms with Gasteiger partial charge in [0, 0.05) is 10.3 Å². The van der Waals surface area contributed by atoms with Crippen molar-refractivity contribution in [2.75, 3.05) is 7.11 Å². The van der Waals surface area contributed by atoms with Crippen molar-refractivity contribution in [3.05, 3.63) is 28.5 Å². The molecule has 14 heavy (non-hydrogen) atoms. The maximum Gasteiger partial charge on any atom is 0.129 e. The molecule has 1 unspecified atom stereocenters. The molecule has 0 saturated heterocycles. The Hall–Kier alpha value is -0.840. The third-order valence-corrected chi connectivity index (χ3v) is 2.95. The van der Waals surface area contributed by atoms with Crippen molar-refractivity contribution in [1.82, 2.24) is 5.43 Å². The van der Waals surface area contributed by atoms with Gasteiger partial charge in [0.05, 0.1) is 13.2 Å². The first-order valence-electron chi connectivity index (χ1n) is 4.40. The van der Waals surface area contributed by atoms with Crippen LogP contribution < -0.4 is 16.0 Å². The Morgan fingerprint density at radius 1 is 1.79 bits per heavy atom. The zero-order valence-electron chi connectivity index (χ0n) is 8.54. The van der Waals surface area contributed by atoms with Crippen LogP contribution in [0.2, 0.25) is 0 Å². The number of rotatable bonds is 5. The van der Waals surface area contributed by atoms with Gasteiger partial charge in [-0.3, -0.25) is 11.3 Å². The van der Waals surface area contributed by atoms with E-state index in [1.165, 1.54) is 4.88 Å². The summed E-state index contributed by atoms with van der Waals surface area (Å²) in [5, 5.41) is 1.97. The van der Waals surface area contributed by atoms with E-state index in [4.69, 9.17) is 10.6 Å². The SMILES string of the molecule is C=C(C)CC(NN)c1cc(OC)cs1. The minimum atomic E-state index is 0.140. The van der Waals surface area contributed by atoms with Crippen molar-refractivity contribution in [1.29, 1.82) is 0 Å². The lowest BCUT2D eigenvalue weighted by Gasteiger charge is -2.13. The highest BCUT2D eigenvalue weighted by Crippen LogP contribution is 2.29. The Kier molecular flexibility index (Phi) is 4.13. The van der Waals surface area contributed by atoms with Gasteiger partial charge < -0.3 is 4.74 Å². The van der Waals surface area contributed by atoms with Gasteiger partial charge in [-0.05, 0) is 19.4 Å². The van der Waals surface area contributed by atoms with Crippen LogP contribution in [-0.2, 0) is 0 Å². The predicted octanol–water partition coefficient (Wildman–Crippen LogP) is 2.23. The van der Waals surface area contributed by atoms with Crippen LogP contribution in [0.1, 0.15) is 24.3 Å². The highest BCUT2D eigenvalue weighted by atomic mass is 32.1. The van der Waals surface area contributed by atoms with Crippen molar-refractivity contribution in [2.24, 2.45) is 5.84 Å².